The minimum Gasteiger partial charge on any atom is -0.480 e. The van der Waals surface area contributed by atoms with Gasteiger partial charge in [0.1, 0.15) is 12.1 Å². The molecule has 0 bridgehead atoms. The van der Waals surface area contributed by atoms with Gasteiger partial charge in [-0.15, -0.1) is 0 Å². The average Bonchev–Trinajstić information content (AvgIpc) is 3.19. The Morgan fingerprint density at radius 2 is 1.77 bits per heavy atom. The van der Waals surface area contributed by atoms with Crippen molar-refractivity contribution in [2.24, 2.45) is 27.9 Å². The van der Waals surface area contributed by atoms with Crippen LogP contribution < -0.4 is 33.6 Å². The molecule has 1 aromatic heterocycles. The van der Waals surface area contributed by atoms with E-state index in [0.29, 0.717) is 12.1 Å². The first kappa shape index (κ1) is 25.4. The molecule has 14 heteroatoms. The number of guanidine groups is 1. The van der Waals surface area contributed by atoms with Crippen molar-refractivity contribution in [3.05, 3.63) is 18.2 Å². The summed E-state index contributed by atoms with van der Waals surface area (Å²) in [6.07, 6.45) is 3.10. The molecule has 3 amide bonds. The maximum absolute atomic E-state index is 12.6. The number of hydrogen-bond acceptors (Lipinski definition) is 7. The first-order valence-corrected chi connectivity index (χ1v) is 9.50. The summed E-state index contributed by atoms with van der Waals surface area (Å²) in [6, 6.07) is -3.44. The van der Waals surface area contributed by atoms with Crippen LogP contribution in [0.2, 0.25) is 0 Å². The molecule has 0 aliphatic carbocycles. The van der Waals surface area contributed by atoms with Gasteiger partial charge in [0.15, 0.2) is 5.96 Å². The molecule has 0 fully saturated rings. The lowest BCUT2D eigenvalue weighted by molar-refractivity contribution is -0.142. The van der Waals surface area contributed by atoms with Crippen molar-refractivity contribution < 1.29 is 24.3 Å². The van der Waals surface area contributed by atoms with Gasteiger partial charge in [-0.3, -0.25) is 19.4 Å². The molecule has 0 unspecified atom stereocenters. The van der Waals surface area contributed by atoms with Crippen LogP contribution in [0.15, 0.2) is 17.5 Å². The lowest BCUT2D eigenvalue weighted by Gasteiger charge is -2.22. The fourth-order valence-corrected chi connectivity index (χ4v) is 2.59. The highest BCUT2D eigenvalue weighted by Crippen LogP contribution is 2.04. The Labute approximate surface area is 178 Å². The normalized spacial score (nSPS) is 13.5. The van der Waals surface area contributed by atoms with E-state index >= 15 is 0 Å². The minimum atomic E-state index is -1.27. The highest BCUT2D eigenvalue weighted by atomic mass is 16.4. The van der Waals surface area contributed by atoms with E-state index in [2.05, 4.69) is 25.6 Å². The van der Waals surface area contributed by atoms with Gasteiger partial charge in [0, 0.05) is 31.3 Å². The fourth-order valence-electron chi connectivity index (χ4n) is 2.59. The summed E-state index contributed by atoms with van der Waals surface area (Å²) < 4.78 is 0. The van der Waals surface area contributed by atoms with Crippen LogP contribution in [-0.4, -0.2) is 69.4 Å². The van der Waals surface area contributed by atoms with Crippen molar-refractivity contribution in [2.75, 3.05) is 6.54 Å². The number of aliphatic imine (C=N–C) groups is 1. The highest BCUT2D eigenvalue weighted by Gasteiger charge is 2.28. The van der Waals surface area contributed by atoms with E-state index in [4.69, 9.17) is 22.9 Å². The van der Waals surface area contributed by atoms with Gasteiger partial charge in [-0.2, -0.15) is 0 Å². The molecule has 1 heterocycles. The second kappa shape index (κ2) is 12.8. The van der Waals surface area contributed by atoms with Gasteiger partial charge in [0.05, 0.1) is 12.4 Å². The van der Waals surface area contributed by atoms with Gasteiger partial charge in [0.25, 0.3) is 0 Å². The zero-order valence-corrected chi connectivity index (χ0v) is 16.9. The quantitative estimate of drug-likeness (QED) is 0.0816. The monoisotopic (exact) mass is 439 g/mol. The molecule has 3 atom stereocenters. The molecular weight excluding hydrogens is 410 g/mol. The van der Waals surface area contributed by atoms with E-state index in [1.807, 2.05) is 0 Å². The second-order valence-electron chi connectivity index (χ2n) is 6.80. The number of nitrogens with one attached hydrogen (secondary N) is 3. The first-order valence-electron chi connectivity index (χ1n) is 9.50. The number of nitrogens with two attached hydrogens (primary N) is 4. The summed E-state index contributed by atoms with van der Waals surface area (Å²) in [4.78, 5) is 58.0. The van der Waals surface area contributed by atoms with Crippen LogP contribution in [-0.2, 0) is 25.6 Å². The lowest BCUT2D eigenvalue weighted by atomic mass is 10.1. The number of carbonyl (C=O) groups excluding carboxylic acids is 3. The van der Waals surface area contributed by atoms with Crippen molar-refractivity contribution >= 4 is 29.7 Å². The highest BCUT2D eigenvalue weighted by molar-refractivity contribution is 5.92. The molecule has 0 saturated heterocycles. The number of rotatable bonds is 14. The standard InChI is InChI=1S/C17H29N9O5/c18-10(6-9-7-22-8-24-9)14(28)25-11(3-4-13(19)27)15(29)26-12(16(30)31)2-1-5-23-17(20)21/h7-8,10-12H,1-6,18H2,(H2,19,27)(H,22,24)(H,25,28)(H,26,29)(H,30,31)(H4,20,21,23)/t10-,11-,12-/m0/s1. The number of nitrogens with zero attached hydrogens (tertiary/aromatic N) is 2. The molecule has 1 rings (SSSR count). The van der Waals surface area contributed by atoms with Crippen molar-refractivity contribution in [2.45, 2.75) is 50.2 Å². The predicted octanol–water partition coefficient (Wildman–Crippen LogP) is -3.35. The van der Waals surface area contributed by atoms with Crippen molar-refractivity contribution in [1.82, 2.24) is 20.6 Å². The number of aromatic nitrogens is 2. The van der Waals surface area contributed by atoms with Gasteiger partial charge in [-0.25, -0.2) is 9.78 Å². The van der Waals surface area contributed by atoms with Gasteiger partial charge in [-0.05, 0) is 19.3 Å². The zero-order chi connectivity index (χ0) is 23.4. The summed E-state index contributed by atoms with van der Waals surface area (Å²) in [7, 11) is 0. The molecule has 0 aromatic carbocycles. The van der Waals surface area contributed by atoms with Crippen LogP contribution in [0.5, 0.6) is 0 Å². The van der Waals surface area contributed by atoms with E-state index in [1.54, 1.807) is 0 Å². The number of imidazole rings is 1. The van der Waals surface area contributed by atoms with Crippen LogP contribution >= 0.6 is 0 Å². The smallest absolute Gasteiger partial charge is 0.326 e. The van der Waals surface area contributed by atoms with Crippen LogP contribution in [0.3, 0.4) is 0 Å². The Morgan fingerprint density at radius 1 is 1.10 bits per heavy atom. The molecule has 1 aromatic rings. The molecular formula is C17H29N9O5. The molecule has 31 heavy (non-hydrogen) atoms. The summed E-state index contributed by atoms with van der Waals surface area (Å²) in [6.45, 7) is 0.187. The number of amides is 3. The lowest BCUT2D eigenvalue weighted by Crippen LogP contribution is -2.55. The summed E-state index contributed by atoms with van der Waals surface area (Å²) in [5.74, 6) is -3.51. The number of hydrogen-bond donors (Lipinski definition) is 8. The number of aliphatic carboxylic acids is 1. The molecule has 0 aliphatic heterocycles. The van der Waals surface area contributed by atoms with Gasteiger partial charge in [-0.1, -0.05) is 0 Å². The van der Waals surface area contributed by atoms with Crippen molar-refractivity contribution in [1.29, 1.82) is 0 Å². The third-order valence-electron chi connectivity index (χ3n) is 4.20. The maximum atomic E-state index is 12.6. The Balaban J connectivity index is 2.75. The van der Waals surface area contributed by atoms with Crippen molar-refractivity contribution in [3.63, 3.8) is 0 Å². The Kier molecular flexibility index (Phi) is 10.5. The van der Waals surface area contributed by atoms with Crippen LogP contribution in [0.1, 0.15) is 31.4 Å². The summed E-state index contributed by atoms with van der Waals surface area (Å²) in [5.41, 5.74) is 22.0. The molecule has 0 spiro atoms. The van der Waals surface area contributed by atoms with E-state index in [0.717, 1.165) is 0 Å². The minimum absolute atomic E-state index is 0.0493. The summed E-state index contributed by atoms with van der Waals surface area (Å²) >= 11 is 0. The Morgan fingerprint density at radius 3 is 2.32 bits per heavy atom. The van der Waals surface area contributed by atoms with Gasteiger partial charge < -0.3 is 43.7 Å². The van der Waals surface area contributed by atoms with E-state index in [-0.39, 0.29) is 38.2 Å². The largest absolute Gasteiger partial charge is 0.480 e. The number of carbonyl (C=O) groups is 4. The summed E-state index contributed by atoms with van der Waals surface area (Å²) in [5, 5.41) is 14.1. The number of aromatic amines is 1. The molecule has 12 N–H and O–H groups in total. The fraction of sp³-hybridized carbons (Fsp3) is 0.529. The predicted molar refractivity (Wildman–Crippen MR) is 110 cm³/mol. The van der Waals surface area contributed by atoms with Crippen molar-refractivity contribution in [3.8, 4) is 0 Å². The molecule has 0 aliphatic rings. The zero-order valence-electron chi connectivity index (χ0n) is 16.9. The molecule has 0 saturated carbocycles. The number of carboxylic acids is 1. The first-order chi connectivity index (χ1) is 14.6. The SMILES string of the molecule is NC(=O)CC[C@H](NC(=O)[C@@H](N)Cc1cnc[nH]1)C(=O)N[C@@H](CCCN=C(N)N)C(=O)O. The third kappa shape index (κ3) is 10.1. The number of primary amides is 1. The number of H-pyrrole nitrogens is 1. The van der Waals surface area contributed by atoms with Crippen LogP contribution in [0.25, 0.3) is 0 Å². The Bertz CT molecular complexity index is 777. The van der Waals surface area contributed by atoms with Crippen LogP contribution in [0.4, 0.5) is 0 Å². The second-order valence-corrected chi connectivity index (χ2v) is 6.80. The van der Waals surface area contributed by atoms with Crippen LogP contribution in [0, 0.1) is 0 Å². The maximum Gasteiger partial charge on any atom is 0.326 e. The molecule has 0 radical (unpaired) electrons. The number of carboxylic acid groups (broad SMARTS) is 1. The van der Waals surface area contributed by atoms with E-state index in [1.165, 1.54) is 12.5 Å². The molecule has 14 nitrogen and oxygen atoms in total. The van der Waals surface area contributed by atoms with Gasteiger partial charge >= 0.3 is 5.97 Å². The Hall–Kier alpha value is -3.68. The van der Waals surface area contributed by atoms with Gasteiger partial charge in [0.2, 0.25) is 17.7 Å². The van der Waals surface area contributed by atoms with E-state index in [9.17, 15) is 24.3 Å². The third-order valence-corrected chi connectivity index (χ3v) is 4.20. The average molecular weight is 439 g/mol. The molecule has 172 valence electrons. The van der Waals surface area contributed by atoms with E-state index < -0.39 is 41.8 Å². The topological polar surface area (TPSA) is 258 Å².